The van der Waals surface area contributed by atoms with Crippen molar-refractivity contribution in [3.05, 3.63) is 23.3 Å². The highest BCUT2D eigenvalue weighted by molar-refractivity contribution is 6.11. The van der Waals surface area contributed by atoms with Crippen LogP contribution in [0.1, 0.15) is 100 Å². The Hall–Kier alpha value is -1.18. The number of rotatable bonds is 5. The van der Waals surface area contributed by atoms with Crippen molar-refractivity contribution in [3.8, 4) is 0 Å². The maximum absolute atomic E-state index is 14.2. The number of hydrogen-bond donors (Lipinski definition) is 0. The zero-order valence-corrected chi connectivity index (χ0v) is 22.6. The predicted octanol–water partition coefficient (Wildman–Crippen LogP) is 7.82. The second kappa shape index (κ2) is 8.49. The number of carbonyl (C=O) groups excluding carboxylic acids is 2. The van der Waals surface area contributed by atoms with Crippen LogP contribution in [0.2, 0.25) is 0 Å². The van der Waals surface area contributed by atoms with Gasteiger partial charge in [-0.2, -0.15) is 0 Å². The number of hydrogen-bond acceptors (Lipinski definition) is 2. The van der Waals surface area contributed by atoms with Crippen LogP contribution in [0.5, 0.6) is 0 Å². The summed E-state index contributed by atoms with van der Waals surface area (Å²) in [6, 6.07) is 0. The topological polar surface area (TPSA) is 34.1 Å². The second-order valence-electron chi connectivity index (χ2n) is 13.3. The first-order chi connectivity index (χ1) is 15.4. The van der Waals surface area contributed by atoms with E-state index in [-0.39, 0.29) is 22.7 Å². The molecule has 0 saturated heterocycles. The Bertz CT molecular complexity index is 877. The van der Waals surface area contributed by atoms with E-state index in [0.717, 1.165) is 43.3 Å². The van der Waals surface area contributed by atoms with E-state index in [0.29, 0.717) is 53.5 Å². The Morgan fingerprint density at radius 2 is 1.73 bits per heavy atom. The van der Waals surface area contributed by atoms with Crippen molar-refractivity contribution in [1.29, 1.82) is 0 Å². The molecule has 0 aliphatic heterocycles. The van der Waals surface area contributed by atoms with Crippen LogP contribution in [0, 0.1) is 58.2 Å². The van der Waals surface area contributed by atoms with E-state index in [1.807, 2.05) is 0 Å². The molecule has 2 fully saturated rings. The molecule has 2 nitrogen and oxygen atoms in total. The van der Waals surface area contributed by atoms with Gasteiger partial charge in [0.1, 0.15) is 0 Å². The molecule has 9 atom stereocenters. The zero-order chi connectivity index (χ0) is 24.5. The molecule has 0 aromatic rings. The summed E-state index contributed by atoms with van der Waals surface area (Å²) in [6.07, 6.45) is 7.32. The molecule has 0 bridgehead atoms. The Balaban J connectivity index is 1.71. The zero-order valence-electron chi connectivity index (χ0n) is 22.6. The van der Waals surface area contributed by atoms with Crippen LogP contribution in [0.25, 0.3) is 0 Å². The number of carbonyl (C=O) groups is 2. The fourth-order valence-electron chi connectivity index (χ4n) is 8.82. The van der Waals surface area contributed by atoms with E-state index in [1.54, 1.807) is 0 Å². The minimum Gasteiger partial charge on any atom is -0.295 e. The summed E-state index contributed by atoms with van der Waals surface area (Å²) in [7, 11) is 0. The van der Waals surface area contributed by atoms with Gasteiger partial charge in [0.2, 0.25) is 0 Å². The fraction of sp³-hybridized carbons (Fsp3) is 0.806. The van der Waals surface area contributed by atoms with Crippen molar-refractivity contribution >= 4 is 11.6 Å². The van der Waals surface area contributed by atoms with Gasteiger partial charge in [0.25, 0.3) is 0 Å². The second-order valence-corrected chi connectivity index (χ2v) is 13.3. The maximum atomic E-state index is 14.2. The smallest absolute Gasteiger partial charge is 0.163 e. The summed E-state index contributed by atoms with van der Waals surface area (Å²) >= 11 is 0. The van der Waals surface area contributed by atoms with Gasteiger partial charge in [0.15, 0.2) is 11.6 Å². The lowest BCUT2D eigenvalue weighted by Gasteiger charge is -2.57. The van der Waals surface area contributed by atoms with Gasteiger partial charge < -0.3 is 0 Å². The van der Waals surface area contributed by atoms with Crippen LogP contribution in [0.15, 0.2) is 23.3 Å². The Labute approximate surface area is 203 Å². The van der Waals surface area contributed by atoms with E-state index >= 15 is 0 Å². The lowest BCUT2D eigenvalue weighted by molar-refractivity contribution is -0.135. The van der Waals surface area contributed by atoms with Crippen molar-refractivity contribution in [2.45, 2.75) is 100 Å². The molecule has 0 aromatic carbocycles. The van der Waals surface area contributed by atoms with Crippen molar-refractivity contribution in [3.63, 3.8) is 0 Å². The Morgan fingerprint density at radius 3 is 2.36 bits per heavy atom. The van der Waals surface area contributed by atoms with E-state index in [1.165, 1.54) is 12.0 Å². The molecule has 4 rings (SSSR count). The summed E-state index contributed by atoms with van der Waals surface area (Å²) < 4.78 is 0. The highest BCUT2D eigenvalue weighted by atomic mass is 16.1. The van der Waals surface area contributed by atoms with Gasteiger partial charge in [0, 0.05) is 23.5 Å². The minimum absolute atomic E-state index is 0.00234. The van der Waals surface area contributed by atoms with Crippen LogP contribution >= 0.6 is 0 Å². The highest BCUT2D eigenvalue weighted by Gasteiger charge is 2.63. The van der Waals surface area contributed by atoms with E-state index < -0.39 is 0 Å². The van der Waals surface area contributed by atoms with Crippen molar-refractivity contribution in [1.82, 2.24) is 0 Å². The molecule has 4 aliphatic rings. The quantitative estimate of drug-likeness (QED) is 0.398. The summed E-state index contributed by atoms with van der Waals surface area (Å²) in [6.45, 7) is 22.7. The van der Waals surface area contributed by atoms with Gasteiger partial charge in [-0.25, -0.2) is 0 Å². The van der Waals surface area contributed by atoms with Crippen molar-refractivity contribution < 1.29 is 9.59 Å². The van der Waals surface area contributed by atoms with E-state index in [4.69, 9.17) is 0 Å². The first-order valence-electron chi connectivity index (χ1n) is 13.8. The third kappa shape index (κ3) is 3.56. The van der Waals surface area contributed by atoms with Crippen LogP contribution in [0.3, 0.4) is 0 Å². The molecule has 0 spiro atoms. The van der Waals surface area contributed by atoms with Crippen LogP contribution < -0.4 is 0 Å². The summed E-state index contributed by atoms with van der Waals surface area (Å²) in [5.74, 6) is 3.93. The molecular weight excluding hydrogens is 404 g/mol. The summed E-state index contributed by atoms with van der Waals surface area (Å²) in [5, 5.41) is 0. The number of fused-ring (bicyclic) bond motifs is 4. The molecule has 33 heavy (non-hydrogen) atoms. The van der Waals surface area contributed by atoms with Gasteiger partial charge >= 0.3 is 0 Å². The lowest BCUT2D eigenvalue weighted by atomic mass is 9.45. The van der Waals surface area contributed by atoms with E-state index in [9.17, 15) is 9.59 Å². The molecule has 4 aliphatic carbocycles. The molecule has 0 amide bonds. The highest BCUT2D eigenvalue weighted by Crippen LogP contribution is 2.66. The molecule has 0 heterocycles. The molecule has 184 valence electrons. The first-order valence-corrected chi connectivity index (χ1v) is 13.8. The van der Waals surface area contributed by atoms with Gasteiger partial charge in [-0.1, -0.05) is 67.5 Å². The van der Waals surface area contributed by atoms with Crippen molar-refractivity contribution in [2.24, 2.45) is 58.2 Å². The molecule has 0 aromatic heterocycles. The lowest BCUT2D eigenvalue weighted by Crippen LogP contribution is -2.55. The van der Waals surface area contributed by atoms with Crippen LogP contribution in [0.4, 0.5) is 0 Å². The first kappa shape index (κ1) is 24.9. The molecular formula is C31H48O2. The monoisotopic (exact) mass is 452 g/mol. The molecule has 2 saturated carbocycles. The van der Waals surface area contributed by atoms with Gasteiger partial charge in [0.05, 0.1) is 0 Å². The van der Waals surface area contributed by atoms with Gasteiger partial charge in [-0.3, -0.25) is 9.59 Å². The number of Topliss-reactive ketones (excluding diaryl/α,β-unsaturated/α-hetero) is 2. The Morgan fingerprint density at radius 1 is 1.06 bits per heavy atom. The summed E-state index contributed by atoms with van der Waals surface area (Å²) in [5.41, 5.74) is 3.10. The molecule has 2 heteroatoms. The van der Waals surface area contributed by atoms with Crippen molar-refractivity contribution in [2.75, 3.05) is 0 Å². The maximum Gasteiger partial charge on any atom is 0.163 e. The van der Waals surface area contributed by atoms with Crippen LogP contribution in [-0.2, 0) is 9.59 Å². The Kier molecular flexibility index (Phi) is 6.41. The predicted molar refractivity (Wildman–Crippen MR) is 137 cm³/mol. The normalized spacial score (nSPS) is 43.9. The summed E-state index contributed by atoms with van der Waals surface area (Å²) in [4.78, 5) is 28.0. The molecule has 0 N–H and O–H groups in total. The third-order valence-electron chi connectivity index (χ3n) is 11.7. The van der Waals surface area contributed by atoms with Gasteiger partial charge in [-0.15, -0.1) is 0 Å². The fourth-order valence-corrected chi connectivity index (χ4v) is 8.82. The minimum atomic E-state index is -0.111. The average molecular weight is 453 g/mol. The molecule has 9 unspecified atom stereocenters. The van der Waals surface area contributed by atoms with E-state index in [2.05, 4.69) is 62.0 Å². The largest absolute Gasteiger partial charge is 0.295 e. The standard InChI is InChI=1S/C31H48O2/c1-17(2)18(3)10-11-20(5)23-12-13-24-27-26(32)16-25-21(6)19(4)14-15-30(25,8)28(27)29(33)22(7)31(23,24)9/h17,19-25H,3,10-16H2,1-2,4-9H3. The SMILES string of the molecule is C=C(CCC(C)C1CCC2C3=C(C(=O)C(C)C21C)C1(C)CCC(C)C(C)C1CC3=O)C(C)C. The average Bonchev–Trinajstić information content (AvgIpc) is 3.12. The van der Waals surface area contributed by atoms with Gasteiger partial charge in [-0.05, 0) is 90.8 Å². The van der Waals surface area contributed by atoms with Crippen LogP contribution in [-0.4, -0.2) is 11.6 Å². The number of allylic oxidation sites excluding steroid dienone is 3. The number of ketones is 2. The molecule has 0 radical (unpaired) electrons. The third-order valence-corrected chi connectivity index (χ3v) is 11.7.